The topological polar surface area (TPSA) is 39.7 Å². The van der Waals surface area contributed by atoms with Crippen molar-refractivity contribution in [2.75, 3.05) is 26.3 Å². The summed E-state index contributed by atoms with van der Waals surface area (Å²) in [6.07, 6.45) is -2.54. The molecule has 210 valence electrons. The highest BCUT2D eigenvalue weighted by Crippen LogP contribution is 2.31. The number of piperidine rings is 1. The number of halogens is 3. The molecule has 2 atom stereocenters. The van der Waals surface area contributed by atoms with Crippen molar-refractivity contribution >= 4 is 10.8 Å². The molecule has 0 aromatic heterocycles. The van der Waals surface area contributed by atoms with E-state index in [1.54, 1.807) is 0 Å². The normalized spacial score (nSPS) is 17.7. The standard InChI is InChI=1S/C33H34F3NO3/c34-33(35,36)29-12-7-24(8-13-29)22-38-18-3-19-39-30-14-10-27(11-15-30)31-16-17-37-21-32(31)40-23-25-6-9-26-4-1-2-5-28(26)20-25/h1-2,4-15,20,31-32,37H,3,16-19,21-23H2. The summed E-state index contributed by atoms with van der Waals surface area (Å²) < 4.78 is 55.9. The molecule has 0 radical (unpaired) electrons. The highest BCUT2D eigenvalue weighted by Gasteiger charge is 2.30. The Labute approximate surface area is 233 Å². The van der Waals surface area contributed by atoms with E-state index in [2.05, 4.69) is 59.9 Å². The van der Waals surface area contributed by atoms with Crippen LogP contribution in [0.4, 0.5) is 13.2 Å². The fourth-order valence-corrected chi connectivity index (χ4v) is 5.06. The molecule has 2 unspecified atom stereocenters. The number of ether oxygens (including phenoxy) is 3. The Kier molecular flexibility index (Phi) is 9.37. The van der Waals surface area contributed by atoms with Gasteiger partial charge in [0, 0.05) is 18.9 Å². The zero-order valence-electron chi connectivity index (χ0n) is 22.3. The van der Waals surface area contributed by atoms with Crippen molar-refractivity contribution < 1.29 is 27.4 Å². The van der Waals surface area contributed by atoms with Gasteiger partial charge in [0.25, 0.3) is 0 Å². The van der Waals surface area contributed by atoms with Gasteiger partial charge in [-0.1, -0.05) is 60.7 Å². The molecule has 0 spiro atoms. The third-order valence-corrected chi connectivity index (χ3v) is 7.26. The molecule has 1 N–H and O–H groups in total. The predicted molar refractivity (Wildman–Crippen MR) is 150 cm³/mol. The predicted octanol–water partition coefficient (Wildman–Crippen LogP) is 7.51. The maximum atomic E-state index is 12.7. The van der Waals surface area contributed by atoms with Gasteiger partial charge in [-0.2, -0.15) is 13.2 Å². The fraction of sp³-hybridized carbons (Fsp3) is 0.333. The van der Waals surface area contributed by atoms with Crippen molar-refractivity contribution in [3.8, 4) is 5.75 Å². The summed E-state index contributed by atoms with van der Waals surface area (Å²) in [6, 6.07) is 28.1. The summed E-state index contributed by atoms with van der Waals surface area (Å²) in [5.74, 6) is 1.11. The molecule has 1 aliphatic rings. The molecule has 40 heavy (non-hydrogen) atoms. The van der Waals surface area contributed by atoms with E-state index < -0.39 is 11.7 Å². The van der Waals surface area contributed by atoms with Crippen molar-refractivity contribution in [1.29, 1.82) is 0 Å². The average molecular weight is 550 g/mol. The molecule has 0 amide bonds. The van der Waals surface area contributed by atoms with Gasteiger partial charge in [0.1, 0.15) is 5.75 Å². The SMILES string of the molecule is FC(F)(F)c1ccc(COCCCOc2ccc(C3CCNCC3OCc3ccc4ccccc4c3)cc2)cc1. The molecule has 0 saturated carbocycles. The van der Waals surface area contributed by atoms with Crippen LogP contribution in [-0.2, 0) is 28.9 Å². The molecular weight excluding hydrogens is 515 g/mol. The Morgan fingerprint density at radius 3 is 2.30 bits per heavy atom. The second-order valence-corrected chi connectivity index (χ2v) is 10.1. The number of rotatable bonds is 11. The molecule has 1 heterocycles. The average Bonchev–Trinajstić information content (AvgIpc) is 2.98. The Hall–Kier alpha value is -3.39. The summed E-state index contributed by atoms with van der Waals surface area (Å²) in [6.45, 7) is 3.60. The number of fused-ring (bicyclic) bond motifs is 1. The van der Waals surface area contributed by atoms with Crippen molar-refractivity contribution in [2.24, 2.45) is 0 Å². The van der Waals surface area contributed by atoms with Crippen molar-refractivity contribution in [2.45, 2.75) is 44.3 Å². The lowest BCUT2D eigenvalue weighted by Gasteiger charge is -2.32. The minimum atomic E-state index is -4.32. The van der Waals surface area contributed by atoms with Crippen LogP contribution in [0.3, 0.4) is 0 Å². The van der Waals surface area contributed by atoms with Crippen LogP contribution in [-0.4, -0.2) is 32.4 Å². The van der Waals surface area contributed by atoms with Gasteiger partial charge in [0.05, 0.1) is 38.1 Å². The van der Waals surface area contributed by atoms with Gasteiger partial charge in [-0.3, -0.25) is 0 Å². The summed E-state index contributed by atoms with van der Waals surface area (Å²) in [5.41, 5.74) is 2.48. The van der Waals surface area contributed by atoms with E-state index in [1.807, 2.05) is 12.1 Å². The number of hydrogen-bond donors (Lipinski definition) is 1. The molecule has 0 bridgehead atoms. The second-order valence-electron chi connectivity index (χ2n) is 10.1. The number of alkyl halides is 3. The number of benzene rings is 4. The van der Waals surface area contributed by atoms with Gasteiger partial charge < -0.3 is 19.5 Å². The molecule has 1 fully saturated rings. The first-order chi connectivity index (χ1) is 19.5. The lowest BCUT2D eigenvalue weighted by atomic mass is 9.87. The first kappa shape index (κ1) is 28.1. The van der Waals surface area contributed by atoms with Crippen LogP contribution in [0.2, 0.25) is 0 Å². The first-order valence-electron chi connectivity index (χ1n) is 13.7. The zero-order chi connectivity index (χ0) is 27.8. The molecule has 4 nitrogen and oxygen atoms in total. The minimum Gasteiger partial charge on any atom is -0.494 e. The molecule has 1 saturated heterocycles. The Balaban J connectivity index is 1.05. The maximum absolute atomic E-state index is 12.7. The van der Waals surface area contributed by atoms with Gasteiger partial charge in [-0.05, 0) is 70.8 Å². The van der Waals surface area contributed by atoms with E-state index in [4.69, 9.17) is 14.2 Å². The number of hydrogen-bond acceptors (Lipinski definition) is 4. The van der Waals surface area contributed by atoms with E-state index in [0.717, 1.165) is 37.4 Å². The number of nitrogens with one attached hydrogen (secondary N) is 1. The molecule has 0 aliphatic carbocycles. The molecular formula is C33H34F3NO3. The second kappa shape index (κ2) is 13.3. The molecule has 7 heteroatoms. The summed E-state index contributed by atoms with van der Waals surface area (Å²) in [4.78, 5) is 0. The van der Waals surface area contributed by atoms with Crippen molar-refractivity contribution in [3.63, 3.8) is 0 Å². The fourth-order valence-electron chi connectivity index (χ4n) is 5.06. The van der Waals surface area contributed by atoms with E-state index >= 15 is 0 Å². The van der Waals surface area contributed by atoms with E-state index in [9.17, 15) is 13.2 Å². The van der Waals surface area contributed by atoms with Crippen LogP contribution in [0.25, 0.3) is 10.8 Å². The Morgan fingerprint density at radius 2 is 1.52 bits per heavy atom. The van der Waals surface area contributed by atoms with Crippen LogP contribution in [0.5, 0.6) is 5.75 Å². The van der Waals surface area contributed by atoms with E-state index in [1.165, 1.54) is 34.0 Å². The van der Waals surface area contributed by atoms with Gasteiger partial charge in [0.15, 0.2) is 0 Å². The quantitative estimate of drug-likeness (QED) is 0.197. The Morgan fingerprint density at radius 1 is 0.775 bits per heavy atom. The van der Waals surface area contributed by atoms with Crippen LogP contribution in [0, 0.1) is 0 Å². The van der Waals surface area contributed by atoms with Gasteiger partial charge in [-0.25, -0.2) is 0 Å². The first-order valence-corrected chi connectivity index (χ1v) is 13.7. The Bertz CT molecular complexity index is 1360. The van der Waals surface area contributed by atoms with Gasteiger partial charge in [0.2, 0.25) is 0 Å². The van der Waals surface area contributed by atoms with E-state index in [0.29, 0.717) is 37.7 Å². The molecule has 5 rings (SSSR count). The van der Waals surface area contributed by atoms with Crippen LogP contribution < -0.4 is 10.1 Å². The van der Waals surface area contributed by atoms with Crippen molar-refractivity contribution in [1.82, 2.24) is 5.32 Å². The lowest BCUT2D eigenvalue weighted by Crippen LogP contribution is -2.40. The summed E-state index contributed by atoms with van der Waals surface area (Å²) in [7, 11) is 0. The minimum absolute atomic E-state index is 0.0915. The van der Waals surface area contributed by atoms with Crippen LogP contribution >= 0.6 is 0 Å². The monoisotopic (exact) mass is 549 g/mol. The van der Waals surface area contributed by atoms with Crippen LogP contribution in [0.1, 0.15) is 41.0 Å². The molecule has 4 aromatic rings. The molecule has 1 aliphatic heterocycles. The summed E-state index contributed by atoms with van der Waals surface area (Å²) >= 11 is 0. The van der Waals surface area contributed by atoms with Gasteiger partial charge >= 0.3 is 6.18 Å². The highest BCUT2D eigenvalue weighted by atomic mass is 19.4. The maximum Gasteiger partial charge on any atom is 0.416 e. The van der Waals surface area contributed by atoms with Crippen molar-refractivity contribution in [3.05, 3.63) is 113 Å². The highest BCUT2D eigenvalue weighted by molar-refractivity contribution is 5.82. The molecule has 4 aromatic carbocycles. The van der Waals surface area contributed by atoms with E-state index in [-0.39, 0.29) is 12.7 Å². The zero-order valence-corrected chi connectivity index (χ0v) is 22.3. The largest absolute Gasteiger partial charge is 0.494 e. The summed E-state index contributed by atoms with van der Waals surface area (Å²) in [5, 5.41) is 5.93. The third-order valence-electron chi connectivity index (χ3n) is 7.26. The smallest absolute Gasteiger partial charge is 0.416 e. The van der Waals surface area contributed by atoms with Gasteiger partial charge in [-0.15, -0.1) is 0 Å². The van der Waals surface area contributed by atoms with Crippen LogP contribution in [0.15, 0.2) is 91.0 Å². The third kappa shape index (κ3) is 7.62. The lowest BCUT2D eigenvalue weighted by molar-refractivity contribution is -0.137.